The van der Waals surface area contributed by atoms with Crippen LogP contribution in [0.1, 0.15) is 24.0 Å². The SMILES string of the molecule is Cc1cc(C2(C#N)CC(=O)C2)cnc1Cl. The first kappa shape index (κ1) is 10.1. The molecule has 1 aliphatic carbocycles. The first-order valence-corrected chi connectivity index (χ1v) is 5.01. The lowest BCUT2D eigenvalue weighted by Gasteiger charge is -2.33. The molecule has 0 atom stereocenters. The summed E-state index contributed by atoms with van der Waals surface area (Å²) in [5.41, 5.74) is 0.981. The standard InChI is InChI=1S/C11H9ClN2O/c1-7-2-8(5-14-10(7)12)11(6-13)3-9(15)4-11/h2,5H,3-4H2,1H3. The lowest BCUT2D eigenvalue weighted by molar-refractivity contribution is -0.126. The van der Waals surface area contributed by atoms with Gasteiger partial charge in [0, 0.05) is 19.0 Å². The van der Waals surface area contributed by atoms with Crippen molar-refractivity contribution in [1.29, 1.82) is 5.26 Å². The number of hydrogen-bond donors (Lipinski definition) is 0. The summed E-state index contributed by atoms with van der Waals surface area (Å²) in [5.74, 6) is 0.129. The molecular formula is C11H9ClN2O. The lowest BCUT2D eigenvalue weighted by Crippen LogP contribution is -2.40. The van der Waals surface area contributed by atoms with E-state index in [0.717, 1.165) is 11.1 Å². The Hall–Kier alpha value is -1.40. The third-order valence-electron chi connectivity index (χ3n) is 2.78. The molecule has 1 saturated carbocycles. The van der Waals surface area contributed by atoms with Crippen molar-refractivity contribution in [1.82, 2.24) is 4.98 Å². The Morgan fingerprint density at radius 2 is 2.27 bits per heavy atom. The van der Waals surface area contributed by atoms with Gasteiger partial charge < -0.3 is 0 Å². The molecule has 15 heavy (non-hydrogen) atoms. The fraction of sp³-hybridized carbons (Fsp3) is 0.364. The summed E-state index contributed by atoms with van der Waals surface area (Å²) >= 11 is 5.80. The van der Waals surface area contributed by atoms with Gasteiger partial charge in [0.1, 0.15) is 10.9 Å². The van der Waals surface area contributed by atoms with Crippen LogP contribution < -0.4 is 0 Å². The van der Waals surface area contributed by atoms with Crippen LogP contribution >= 0.6 is 11.6 Å². The van der Waals surface area contributed by atoms with Crippen molar-refractivity contribution in [2.45, 2.75) is 25.2 Å². The first-order valence-electron chi connectivity index (χ1n) is 4.63. The van der Waals surface area contributed by atoms with E-state index in [2.05, 4.69) is 11.1 Å². The number of aromatic nitrogens is 1. The van der Waals surface area contributed by atoms with E-state index in [1.807, 2.05) is 13.0 Å². The Labute approximate surface area is 92.7 Å². The number of carbonyl (C=O) groups excluding carboxylic acids is 1. The normalized spacial score (nSPS) is 18.1. The van der Waals surface area contributed by atoms with Crippen LogP contribution in [0.25, 0.3) is 0 Å². The van der Waals surface area contributed by atoms with Gasteiger partial charge in [0.2, 0.25) is 0 Å². The molecule has 0 N–H and O–H groups in total. The first-order chi connectivity index (χ1) is 7.07. The maximum Gasteiger partial charge on any atom is 0.136 e. The highest BCUT2D eigenvalue weighted by atomic mass is 35.5. The number of Topliss-reactive ketones (excluding diaryl/α,β-unsaturated/α-hetero) is 1. The van der Waals surface area contributed by atoms with E-state index >= 15 is 0 Å². The molecule has 0 unspecified atom stereocenters. The molecule has 1 aromatic heterocycles. The smallest absolute Gasteiger partial charge is 0.136 e. The Morgan fingerprint density at radius 1 is 1.60 bits per heavy atom. The molecule has 0 saturated heterocycles. The molecule has 0 radical (unpaired) electrons. The molecule has 0 aromatic carbocycles. The number of carbonyl (C=O) groups is 1. The van der Waals surface area contributed by atoms with E-state index < -0.39 is 5.41 Å². The zero-order valence-electron chi connectivity index (χ0n) is 8.25. The number of nitrogens with zero attached hydrogens (tertiary/aromatic N) is 2. The summed E-state index contributed by atoms with van der Waals surface area (Å²) in [6.45, 7) is 1.84. The number of nitriles is 1. The molecule has 1 aliphatic rings. The third-order valence-corrected chi connectivity index (χ3v) is 3.17. The van der Waals surface area contributed by atoms with Crippen molar-refractivity contribution in [3.05, 3.63) is 28.5 Å². The van der Waals surface area contributed by atoms with Gasteiger partial charge in [-0.1, -0.05) is 11.6 Å². The minimum atomic E-state index is -0.653. The predicted octanol–water partition coefficient (Wildman–Crippen LogP) is 2.17. The molecule has 1 fully saturated rings. The largest absolute Gasteiger partial charge is 0.300 e. The zero-order chi connectivity index (χ0) is 11.1. The predicted molar refractivity (Wildman–Crippen MR) is 55.5 cm³/mol. The van der Waals surface area contributed by atoms with Crippen LogP contribution in [0.2, 0.25) is 5.15 Å². The van der Waals surface area contributed by atoms with Crippen LogP contribution in [0.15, 0.2) is 12.3 Å². The van der Waals surface area contributed by atoms with Crippen LogP contribution in [0.3, 0.4) is 0 Å². The quantitative estimate of drug-likeness (QED) is 0.682. The Morgan fingerprint density at radius 3 is 2.73 bits per heavy atom. The van der Waals surface area contributed by atoms with Gasteiger partial charge in [-0.05, 0) is 24.1 Å². The number of aryl methyl sites for hydroxylation is 1. The number of ketones is 1. The van der Waals surface area contributed by atoms with Crippen LogP contribution in [0.5, 0.6) is 0 Å². The maximum absolute atomic E-state index is 11.0. The zero-order valence-corrected chi connectivity index (χ0v) is 9.01. The van der Waals surface area contributed by atoms with E-state index in [-0.39, 0.29) is 5.78 Å². The molecule has 0 bridgehead atoms. The Bertz CT molecular complexity index is 468. The van der Waals surface area contributed by atoms with Crippen LogP contribution in [-0.2, 0) is 10.2 Å². The molecule has 76 valence electrons. The Kier molecular flexibility index (Phi) is 2.24. The lowest BCUT2D eigenvalue weighted by atomic mass is 9.65. The molecule has 4 heteroatoms. The number of halogens is 1. The Balaban J connectivity index is 2.42. The topological polar surface area (TPSA) is 53.8 Å². The fourth-order valence-corrected chi connectivity index (χ4v) is 1.89. The van der Waals surface area contributed by atoms with E-state index in [1.54, 1.807) is 6.20 Å². The summed E-state index contributed by atoms with van der Waals surface area (Å²) in [4.78, 5) is 15.0. The highest BCUT2D eigenvalue weighted by Gasteiger charge is 2.45. The molecule has 0 amide bonds. The number of pyridine rings is 1. The van der Waals surface area contributed by atoms with Crippen LogP contribution in [0.4, 0.5) is 0 Å². The summed E-state index contributed by atoms with van der Waals surface area (Å²) in [5, 5.41) is 9.55. The third kappa shape index (κ3) is 1.51. The minimum Gasteiger partial charge on any atom is -0.300 e. The maximum atomic E-state index is 11.0. The van der Waals surface area contributed by atoms with Crippen molar-refractivity contribution < 1.29 is 4.79 Å². The van der Waals surface area contributed by atoms with Gasteiger partial charge in [-0.2, -0.15) is 5.26 Å². The van der Waals surface area contributed by atoms with E-state index in [1.165, 1.54) is 0 Å². The molecular weight excluding hydrogens is 212 g/mol. The van der Waals surface area contributed by atoms with E-state index in [9.17, 15) is 4.79 Å². The van der Waals surface area contributed by atoms with Crippen molar-refractivity contribution >= 4 is 17.4 Å². The van der Waals surface area contributed by atoms with Crippen molar-refractivity contribution in [2.24, 2.45) is 0 Å². The highest BCUT2D eigenvalue weighted by Crippen LogP contribution is 2.40. The summed E-state index contributed by atoms with van der Waals surface area (Å²) in [6.07, 6.45) is 2.18. The average Bonchev–Trinajstić information content (AvgIpc) is 2.17. The van der Waals surface area contributed by atoms with E-state index in [4.69, 9.17) is 16.9 Å². The number of hydrogen-bond acceptors (Lipinski definition) is 3. The van der Waals surface area contributed by atoms with Crippen molar-refractivity contribution in [2.75, 3.05) is 0 Å². The second-order valence-electron chi connectivity index (χ2n) is 3.92. The van der Waals surface area contributed by atoms with Crippen LogP contribution in [-0.4, -0.2) is 10.8 Å². The molecule has 0 aliphatic heterocycles. The molecule has 1 heterocycles. The molecule has 2 rings (SSSR count). The van der Waals surface area contributed by atoms with Gasteiger partial charge in [-0.3, -0.25) is 4.79 Å². The average molecular weight is 221 g/mol. The monoisotopic (exact) mass is 220 g/mol. The second-order valence-corrected chi connectivity index (χ2v) is 4.28. The van der Waals surface area contributed by atoms with Gasteiger partial charge >= 0.3 is 0 Å². The van der Waals surface area contributed by atoms with Crippen molar-refractivity contribution in [3.63, 3.8) is 0 Å². The fourth-order valence-electron chi connectivity index (χ4n) is 1.79. The summed E-state index contributed by atoms with van der Waals surface area (Å²) < 4.78 is 0. The van der Waals surface area contributed by atoms with Crippen molar-refractivity contribution in [3.8, 4) is 6.07 Å². The minimum absolute atomic E-state index is 0.129. The van der Waals surface area contributed by atoms with Gasteiger partial charge in [0.05, 0.1) is 11.5 Å². The second kappa shape index (κ2) is 3.32. The molecule has 3 nitrogen and oxygen atoms in total. The number of rotatable bonds is 1. The van der Waals surface area contributed by atoms with Gasteiger partial charge in [0.25, 0.3) is 0 Å². The molecule has 1 aromatic rings. The summed E-state index contributed by atoms with van der Waals surface area (Å²) in [6, 6.07) is 4.04. The highest BCUT2D eigenvalue weighted by molar-refractivity contribution is 6.30. The summed E-state index contributed by atoms with van der Waals surface area (Å²) in [7, 11) is 0. The van der Waals surface area contributed by atoms with Gasteiger partial charge in [-0.25, -0.2) is 4.98 Å². The van der Waals surface area contributed by atoms with Gasteiger partial charge in [-0.15, -0.1) is 0 Å². The van der Waals surface area contributed by atoms with E-state index in [0.29, 0.717) is 18.0 Å². The molecule has 0 spiro atoms. The van der Waals surface area contributed by atoms with Crippen LogP contribution in [0, 0.1) is 18.3 Å². The van der Waals surface area contributed by atoms with Gasteiger partial charge in [0.15, 0.2) is 0 Å².